The molecule has 2 aliphatic rings. The highest BCUT2D eigenvalue weighted by Gasteiger charge is 2.38. The highest BCUT2D eigenvalue weighted by molar-refractivity contribution is 5.78. The van der Waals surface area contributed by atoms with Gasteiger partial charge in [0.2, 0.25) is 5.89 Å². The maximum Gasteiger partial charge on any atom is 0.323 e. The Kier molecular flexibility index (Phi) is 4.44. The monoisotopic (exact) mass is 308 g/mol. The van der Waals surface area contributed by atoms with Crippen LogP contribution < -0.4 is 0 Å². The zero-order chi connectivity index (χ0) is 15.7. The standard InChI is InChI=1S/C15H24N4O3/c1-10-7-13(15(20)21-10)18(3)12-5-4-6-19(8-12)9-14-16-11(2)22-17-14/h10,12-13H,4-9H2,1-3H3/t10-,12+,13+/m1/s1. The molecule has 0 bridgehead atoms. The molecule has 3 heterocycles. The van der Waals surface area contributed by atoms with E-state index >= 15 is 0 Å². The summed E-state index contributed by atoms with van der Waals surface area (Å²) in [6, 6.07) is 0.261. The molecule has 0 N–H and O–H groups in total. The van der Waals surface area contributed by atoms with Crippen molar-refractivity contribution >= 4 is 5.97 Å². The molecule has 3 atom stereocenters. The van der Waals surface area contributed by atoms with Crippen LogP contribution in [0.3, 0.4) is 0 Å². The fourth-order valence-electron chi connectivity index (χ4n) is 3.44. The summed E-state index contributed by atoms with van der Waals surface area (Å²) in [6.45, 7) is 6.41. The Morgan fingerprint density at radius 1 is 1.45 bits per heavy atom. The minimum atomic E-state index is -0.104. The molecule has 0 radical (unpaired) electrons. The van der Waals surface area contributed by atoms with Gasteiger partial charge in [-0.3, -0.25) is 14.6 Å². The number of carbonyl (C=O) groups is 1. The Morgan fingerprint density at radius 2 is 2.27 bits per heavy atom. The number of rotatable bonds is 4. The molecule has 7 nitrogen and oxygen atoms in total. The Balaban J connectivity index is 1.59. The van der Waals surface area contributed by atoms with E-state index in [-0.39, 0.29) is 18.1 Å². The van der Waals surface area contributed by atoms with Crippen molar-refractivity contribution in [3.8, 4) is 0 Å². The van der Waals surface area contributed by atoms with Crippen LogP contribution in [0.1, 0.15) is 37.9 Å². The zero-order valence-corrected chi connectivity index (χ0v) is 13.5. The summed E-state index contributed by atoms with van der Waals surface area (Å²) in [5, 5.41) is 3.96. The van der Waals surface area contributed by atoms with E-state index in [1.807, 2.05) is 14.0 Å². The predicted octanol–water partition coefficient (Wildman–Crippen LogP) is 0.978. The lowest BCUT2D eigenvalue weighted by atomic mass is 10.0. The Hall–Kier alpha value is -1.47. The van der Waals surface area contributed by atoms with Crippen molar-refractivity contribution in [2.75, 3.05) is 20.1 Å². The van der Waals surface area contributed by atoms with Crippen molar-refractivity contribution < 1.29 is 14.1 Å². The third kappa shape index (κ3) is 3.30. The molecular formula is C15H24N4O3. The summed E-state index contributed by atoms with van der Waals surface area (Å²) in [5.74, 6) is 1.25. The number of aryl methyl sites for hydroxylation is 1. The molecule has 0 aromatic carbocycles. The van der Waals surface area contributed by atoms with E-state index in [1.165, 1.54) is 0 Å². The smallest absolute Gasteiger partial charge is 0.323 e. The van der Waals surface area contributed by atoms with Gasteiger partial charge in [0.1, 0.15) is 12.1 Å². The molecule has 22 heavy (non-hydrogen) atoms. The number of nitrogens with zero attached hydrogens (tertiary/aromatic N) is 4. The molecule has 2 fully saturated rings. The number of hydrogen-bond donors (Lipinski definition) is 0. The van der Waals surface area contributed by atoms with Crippen LogP contribution in [0.4, 0.5) is 0 Å². The van der Waals surface area contributed by atoms with Crippen molar-refractivity contribution in [1.29, 1.82) is 0 Å². The number of likely N-dealkylation sites (N-methyl/N-ethyl adjacent to an activating group) is 1. The molecule has 122 valence electrons. The average Bonchev–Trinajstić information content (AvgIpc) is 3.04. The summed E-state index contributed by atoms with van der Waals surface area (Å²) < 4.78 is 10.3. The maximum atomic E-state index is 11.9. The summed E-state index contributed by atoms with van der Waals surface area (Å²) in [5.41, 5.74) is 0. The van der Waals surface area contributed by atoms with Gasteiger partial charge in [0.25, 0.3) is 0 Å². The molecule has 0 saturated carbocycles. The van der Waals surface area contributed by atoms with E-state index in [4.69, 9.17) is 9.26 Å². The molecule has 0 unspecified atom stereocenters. The van der Waals surface area contributed by atoms with Crippen LogP contribution in [-0.4, -0.2) is 64.2 Å². The van der Waals surface area contributed by atoms with E-state index < -0.39 is 0 Å². The van der Waals surface area contributed by atoms with Gasteiger partial charge in [-0.05, 0) is 33.4 Å². The van der Waals surface area contributed by atoms with Crippen LogP contribution in [-0.2, 0) is 16.1 Å². The third-order valence-electron chi connectivity index (χ3n) is 4.63. The van der Waals surface area contributed by atoms with Crippen LogP contribution in [0.15, 0.2) is 4.52 Å². The van der Waals surface area contributed by atoms with Crippen LogP contribution >= 0.6 is 0 Å². The Bertz CT molecular complexity index is 533. The highest BCUT2D eigenvalue weighted by Crippen LogP contribution is 2.24. The van der Waals surface area contributed by atoms with Crippen molar-refractivity contribution in [1.82, 2.24) is 19.9 Å². The molecule has 0 spiro atoms. The first-order valence-electron chi connectivity index (χ1n) is 7.97. The largest absolute Gasteiger partial charge is 0.461 e. The predicted molar refractivity (Wildman–Crippen MR) is 79.1 cm³/mol. The zero-order valence-electron chi connectivity index (χ0n) is 13.5. The van der Waals surface area contributed by atoms with Crippen molar-refractivity contribution in [2.24, 2.45) is 0 Å². The second kappa shape index (κ2) is 6.34. The quantitative estimate of drug-likeness (QED) is 0.768. The Morgan fingerprint density at radius 3 is 2.91 bits per heavy atom. The second-order valence-corrected chi connectivity index (χ2v) is 6.43. The Labute approximate surface area is 130 Å². The van der Waals surface area contributed by atoms with Crippen LogP contribution in [0, 0.1) is 6.92 Å². The fraction of sp³-hybridized carbons (Fsp3) is 0.800. The van der Waals surface area contributed by atoms with E-state index in [2.05, 4.69) is 19.9 Å². The van der Waals surface area contributed by atoms with Gasteiger partial charge >= 0.3 is 5.97 Å². The first-order chi connectivity index (χ1) is 10.5. The van der Waals surface area contributed by atoms with Gasteiger partial charge in [-0.15, -0.1) is 0 Å². The first kappa shape index (κ1) is 15.4. The van der Waals surface area contributed by atoms with Gasteiger partial charge in [-0.2, -0.15) is 4.98 Å². The summed E-state index contributed by atoms with van der Waals surface area (Å²) >= 11 is 0. The normalized spacial score (nSPS) is 30.0. The lowest BCUT2D eigenvalue weighted by molar-refractivity contribution is -0.145. The van der Waals surface area contributed by atoms with Crippen molar-refractivity contribution in [2.45, 2.75) is 57.8 Å². The van der Waals surface area contributed by atoms with E-state index in [0.717, 1.165) is 38.2 Å². The lowest BCUT2D eigenvalue weighted by Gasteiger charge is -2.38. The number of cyclic esters (lactones) is 1. The molecule has 0 aliphatic carbocycles. The van der Waals surface area contributed by atoms with E-state index in [1.54, 1.807) is 6.92 Å². The number of esters is 1. The van der Waals surface area contributed by atoms with Crippen molar-refractivity contribution in [3.05, 3.63) is 11.7 Å². The van der Waals surface area contributed by atoms with Gasteiger partial charge in [0.05, 0.1) is 6.54 Å². The average molecular weight is 308 g/mol. The van der Waals surface area contributed by atoms with Crippen LogP contribution in [0.25, 0.3) is 0 Å². The molecule has 1 aromatic rings. The molecule has 0 amide bonds. The summed E-state index contributed by atoms with van der Waals surface area (Å²) in [6.07, 6.45) is 3.04. The van der Waals surface area contributed by atoms with Gasteiger partial charge in [-0.25, -0.2) is 0 Å². The van der Waals surface area contributed by atoms with Gasteiger partial charge < -0.3 is 9.26 Å². The number of ether oxygens (including phenoxy) is 1. The van der Waals surface area contributed by atoms with Crippen LogP contribution in [0.5, 0.6) is 0 Å². The van der Waals surface area contributed by atoms with Crippen molar-refractivity contribution in [3.63, 3.8) is 0 Å². The SMILES string of the molecule is Cc1nc(CN2CCC[C@H](N(C)[C@H]3C[C@@H](C)OC3=O)C2)no1. The van der Waals surface area contributed by atoms with Gasteiger partial charge in [0, 0.05) is 25.9 Å². The summed E-state index contributed by atoms with van der Waals surface area (Å²) in [4.78, 5) is 20.7. The minimum absolute atomic E-state index is 0.0296. The number of piperidine rings is 1. The highest BCUT2D eigenvalue weighted by atomic mass is 16.6. The first-order valence-corrected chi connectivity index (χ1v) is 7.97. The van der Waals surface area contributed by atoms with Gasteiger partial charge in [0.15, 0.2) is 5.82 Å². The number of carbonyl (C=O) groups excluding carboxylic acids is 1. The third-order valence-corrected chi connectivity index (χ3v) is 4.63. The molecule has 7 heteroatoms. The second-order valence-electron chi connectivity index (χ2n) is 6.43. The van der Waals surface area contributed by atoms with Crippen LogP contribution in [0.2, 0.25) is 0 Å². The maximum absolute atomic E-state index is 11.9. The van der Waals surface area contributed by atoms with E-state index in [9.17, 15) is 4.79 Å². The molecule has 1 aromatic heterocycles. The number of aromatic nitrogens is 2. The number of hydrogen-bond acceptors (Lipinski definition) is 7. The lowest BCUT2D eigenvalue weighted by Crippen LogP contribution is -2.51. The minimum Gasteiger partial charge on any atom is -0.461 e. The fourth-order valence-corrected chi connectivity index (χ4v) is 3.44. The topological polar surface area (TPSA) is 71.7 Å². The molecule has 2 aliphatic heterocycles. The number of likely N-dealkylation sites (tertiary alicyclic amines) is 1. The van der Waals surface area contributed by atoms with E-state index in [0.29, 0.717) is 18.5 Å². The van der Waals surface area contributed by atoms with Gasteiger partial charge in [-0.1, -0.05) is 5.16 Å². The summed E-state index contributed by atoms with van der Waals surface area (Å²) in [7, 11) is 2.04. The molecule has 2 saturated heterocycles. The molecular weight excluding hydrogens is 284 g/mol. The molecule has 3 rings (SSSR count).